The summed E-state index contributed by atoms with van der Waals surface area (Å²) < 4.78 is 5.68. The molecule has 0 heterocycles. The fourth-order valence-corrected chi connectivity index (χ4v) is 2.20. The van der Waals surface area contributed by atoms with Crippen molar-refractivity contribution in [3.8, 4) is 0 Å². The quantitative estimate of drug-likeness (QED) is 0.591. The molecule has 0 aliphatic heterocycles. The molecule has 0 saturated heterocycles. The van der Waals surface area contributed by atoms with E-state index in [2.05, 4.69) is 21.2 Å². The summed E-state index contributed by atoms with van der Waals surface area (Å²) in [5, 5.41) is 23.0. The van der Waals surface area contributed by atoms with E-state index in [9.17, 15) is 10.1 Å². The maximum Gasteiger partial charge on any atom is 0.273 e. The minimum absolute atomic E-state index is 0.0462. The fraction of sp³-hybridized carbons (Fsp3) is 0.500. The Labute approximate surface area is 120 Å². The van der Waals surface area contributed by atoms with Gasteiger partial charge in [-0.15, -0.1) is 0 Å². The maximum absolute atomic E-state index is 10.8. The molecule has 0 saturated carbocycles. The van der Waals surface area contributed by atoms with Crippen molar-refractivity contribution in [3.05, 3.63) is 32.3 Å². The standard InChI is InChI=1S/C12H17BrN2O4/c1-8-5-11(10(13)6-12(8)15(17)18)14-9(3-4-16)7-19-2/h5-6,9,14,16H,3-4,7H2,1-2H3. The molecule has 2 N–H and O–H groups in total. The molecule has 19 heavy (non-hydrogen) atoms. The van der Waals surface area contributed by atoms with Crippen LogP contribution in [-0.4, -0.2) is 36.4 Å². The van der Waals surface area contributed by atoms with Crippen LogP contribution in [0.3, 0.4) is 0 Å². The van der Waals surface area contributed by atoms with E-state index in [0.29, 0.717) is 23.1 Å². The van der Waals surface area contributed by atoms with E-state index < -0.39 is 4.92 Å². The molecule has 106 valence electrons. The SMILES string of the molecule is COCC(CCO)Nc1cc(C)c([N+](=O)[O-])cc1Br. The van der Waals surface area contributed by atoms with E-state index in [-0.39, 0.29) is 18.3 Å². The second kappa shape index (κ2) is 7.42. The molecule has 0 aliphatic rings. The van der Waals surface area contributed by atoms with Crippen LogP contribution in [0.1, 0.15) is 12.0 Å². The van der Waals surface area contributed by atoms with Gasteiger partial charge in [-0.2, -0.15) is 0 Å². The Morgan fingerprint density at radius 3 is 2.79 bits per heavy atom. The number of aliphatic hydroxyl groups excluding tert-OH is 1. The molecule has 1 aromatic carbocycles. The monoisotopic (exact) mass is 332 g/mol. The first-order chi connectivity index (χ1) is 8.99. The molecular weight excluding hydrogens is 316 g/mol. The molecule has 0 fully saturated rings. The number of rotatable bonds is 7. The van der Waals surface area contributed by atoms with Crippen molar-refractivity contribution >= 4 is 27.3 Å². The lowest BCUT2D eigenvalue weighted by atomic mass is 10.1. The first-order valence-electron chi connectivity index (χ1n) is 5.80. The zero-order valence-corrected chi connectivity index (χ0v) is 12.4. The molecule has 0 aliphatic carbocycles. The lowest BCUT2D eigenvalue weighted by Crippen LogP contribution is -2.26. The molecular formula is C12H17BrN2O4. The first kappa shape index (κ1) is 15.9. The molecule has 0 bridgehead atoms. The highest BCUT2D eigenvalue weighted by atomic mass is 79.9. The molecule has 1 rings (SSSR count). The summed E-state index contributed by atoms with van der Waals surface area (Å²) in [6.45, 7) is 2.18. The zero-order valence-electron chi connectivity index (χ0n) is 10.9. The fourth-order valence-electron chi connectivity index (χ4n) is 1.75. The lowest BCUT2D eigenvalue weighted by molar-refractivity contribution is -0.385. The topological polar surface area (TPSA) is 84.6 Å². The second-order valence-electron chi connectivity index (χ2n) is 4.18. The summed E-state index contributed by atoms with van der Waals surface area (Å²) in [7, 11) is 1.59. The van der Waals surface area contributed by atoms with E-state index in [1.54, 1.807) is 20.1 Å². The molecule has 0 amide bonds. The van der Waals surface area contributed by atoms with Gasteiger partial charge in [-0.05, 0) is 35.3 Å². The Balaban J connectivity index is 2.94. The zero-order chi connectivity index (χ0) is 14.4. The highest BCUT2D eigenvalue weighted by molar-refractivity contribution is 9.10. The van der Waals surface area contributed by atoms with Crippen LogP contribution < -0.4 is 5.32 Å². The van der Waals surface area contributed by atoms with Gasteiger partial charge in [0.15, 0.2) is 0 Å². The average molecular weight is 333 g/mol. The van der Waals surface area contributed by atoms with E-state index in [1.807, 2.05) is 0 Å². The van der Waals surface area contributed by atoms with E-state index in [0.717, 1.165) is 5.69 Å². The largest absolute Gasteiger partial charge is 0.396 e. The van der Waals surface area contributed by atoms with Gasteiger partial charge in [-0.1, -0.05) is 0 Å². The van der Waals surface area contributed by atoms with Crippen molar-refractivity contribution in [2.75, 3.05) is 25.6 Å². The maximum atomic E-state index is 10.8. The lowest BCUT2D eigenvalue weighted by Gasteiger charge is -2.19. The van der Waals surface area contributed by atoms with E-state index in [4.69, 9.17) is 9.84 Å². The van der Waals surface area contributed by atoms with Gasteiger partial charge in [0, 0.05) is 35.5 Å². The molecule has 1 unspecified atom stereocenters. The number of nitrogens with one attached hydrogen (secondary N) is 1. The molecule has 7 heteroatoms. The molecule has 0 spiro atoms. The number of halogens is 1. The molecule has 1 atom stereocenters. The van der Waals surface area contributed by atoms with Crippen molar-refractivity contribution in [1.29, 1.82) is 0 Å². The summed E-state index contributed by atoms with van der Waals surface area (Å²) in [5.74, 6) is 0. The van der Waals surface area contributed by atoms with Gasteiger partial charge in [0.05, 0.1) is 17.6 Å². The van der Waals surface area contributed by atoms with Crippen LogP contribution in [0.25, 0.3) is 0 Å². The Bertz CT molecular complexity index is 448. The number of aryl methyl sites for hydroxylation is 1. The van der Waals surface area contributed by atoms with Crippen LogP contribution in [0.4, 0.5) is 11.4 Å². The number of nitro benzene ring substituents is 1. The summed E-state index contributed by atoms with van der Waals surface area (Å²) in [5.41, 5.74) is 1.40. The normalized spacial score (nSPS) is 12.2. The highest BCUT2D eigenvalue weighted by Gasteiger charge is 2.16. The van der Waals surface area contributed by atoms with Crippen LogP contribution >= 0.6 is 15.9 Å². The third kappa shape index (κ3) is 4.45. The number of nitrogens with zero attached hydrogens (tertiary/aromatic N) is 1. The number of aliphatic hydroxyl groups is 1. The number of hydrogen-bond acceptors (Lipinski definition) is 5. The first-order valence-corrected chi connectivity index (χ1v) is 6.59. The molecule has 0 aromatic heterocycles. The van der Waals surface area contributed by atoms with Crippen LogP contribution in [0.15, 0.2) is 16.6 Å². The number of ether oxygens (including phenoxy) is 1. The predicted octanol–water partition coefficient (Wildman–Crippen LogP) is 2.48. The summed E-state index contributed by atoms with van der Waals surface area (Å²) in [4.78, 5) is 10.4. The number of benzene rings is 1. The number of anilines is 1. The summed E-state index contributed by atoms with van der Waals surface area (Å²) in [6.07, 6.45) is 0.538. The summed E-state index contributed by atoms with van der Waals surface area (Å²) in [6, 6.07) is 3.13. The van der Waals surface area contributed by atoms with Crippen molar-refractivity contribution in [2.24, 2.45) is 0 Å². The van der Waals surface area contributed by atoms with Gasteiger partial charge in [-0.25, -0.2) is 0 Å². The van der Waals surface area contributed by atoms with Crippen LogP contribution in [0.2, 0.25) is 0 Å². The third-order valence-corrected chi connectivity index (χ3v) is 3.34. The van der Waals surface area contributed by atoms with Crippen LogP contribution in [0, 0.1) is 17.0 Å². The van der Waals surface area contributed by atoms with Gasteiger partial charge in [0.2, 0.25) is 0 Å². The van der Waals surface area contributed by atoms with Crippen LogP contribution in [-0.2, 0) is 4.74 Å². The van der Waals surface area contributed by atoms with Crippen molar-refractivity contribution in [1.82, 2.24) is 0 Å². The molecule has 0 radical (unpaired) electrons. The minimum Gasteiger partial charge on any atom is -0.396 e. The van der Waals surface area contributed by atoms with Crippen LogP contribution in [0.5, 0.6) is 0 Å². The average Bonchev–Trinajstić information content (AvgIpc) is 2.33. The Hall–Kier alpha value is -1.18. The number of hydrogen-bond donors (Lipinski definition) is 2. The summed E-state index contributed by atoms with van der Waals surface area (Å²) >= 11 is 3.31. The smallest absolute Gasteiger partial charge is 0.273 e. The van der Waals surface area contributed by atoms with Crippen molar-refractivity contribution in [3.63, 3.8) is 0 Å². The van der Waals surface area contributed by atoms with Gasteiger partial charge in [-0.3, -0.25) is 10.1 Å². The highest BCUT2D eigenvalue weighted by Crippen LogP contribution is 2.31. The Kier molecular flexibility index (Phi) is 6.20. The number of methoxy groups -OCH3 is 1. The molecule has 6 nitrogen and oxygen atoms in total. The predicted molar refractivity (Wildman–Crippen MR) is 76.5 cm³/mol. The van der Waals surface area contributed by atoms with Gasteiger partial charge in [0.25, 0.3) is 5.69 Å². The van der Waals surface area contributed by atoms with Crippen molar-refractivity contribution < 1.29 is 14.8 Å². The minimum atomic E-state index is -0.412. The van der Waals surface area contributed by atoms with Gasteiger partial charge in [0.1, 0.15) is 0 Å². The van der Waals surface area contributed by atoms with Gasteiger partial charge < -0.3 is 15.2 Å². The van der Waals surface area contributed by atoms with E-state index >= 15 is 0 Å². The van der Waals surface area contributed by atoms with Gasteiger partial charge >= 0.3 is 0 Å². The molecule has 1 aromatic rings. The third-order valence-electron chi connectivity index (χ3n) is 2.69. The Morgan fingerprint density at radius 1 is 1.58 bits per heavy atom. The Morgan fingerprint density at radius 2 is 2.26 bits per heavy atom. The second-order valence-corrected chi connectivity index (χ2v) is 5.04. The van der Waals surface area contributed by atoms with Crippen molar-refractivity contribution in [2.45, 2.75) is 19.4 Å². The van der Waals surface area contributed by atoms with E-state index in [1.165, 1.54) is 6.07 Å². The number of nitro groups is 1.